The Morgan fingerprint density at radius 1 is 1.53 bits per heavy atom. The second-order valence-electron chi connectivity index (χ2n) is 4.93. The van der Waals surface area contributed by atoms with Crippen molar-refractivity contribution in [3.63, 3.8) is 0 Å². The molecular formula is C13H16ClNO3S. The van der Waals surface area contributed by atoms with Crippen LogP contribution in [0.5, 0.6) is 0 Å². The van der Waals surface area contributed by atoms with E-state index in [1.807, 2.05) is 12.1 Å². The highest BCUT2D eigenvalue weighted by molar-refractivity contribution is 7.16. The normalized spacial score (nSPS) is 22.7. The summed E-state index contributed by atoms with van der Waals surface area (Å²) in [7, 11) is 0. The van der Waals surface area contributed by atoms with E-state index in [4.69, 9.17) is 11.6 Å². The highest BCUT2D eigenvalue weighted by Crippen LogP contribution is 2.30. The molecule has 1 aliphatic heterocycles. The molecule has 0 aromatic carbocycles. The summed E-state index contributed by atoms with van der Waals surface area (Å²) in [5.74, 6) is -1.01. The minimum absolute atomic E-state index is 0.0908. The van der Waals surface area contributed by atoms with E-state index in [2.05, 4.69) is 0 Å². The maximum atomic E-state index is 12.2. The molecule has 1 amide bonds. The Morgan fingerprint density at radius 3 is 2.84 bits per heavy atom. The summed E-state index contributed by atoms with van der Waals surface area (Å²) < 4.78 is 0.707. The van der Waals surface area contributed by atoms with E-state index in [1.54, 1.807) is 6.92 Å². The van der Waals surface area contributed by atoms with Crippen LogP contribution in [0.3, 0.4) is 0 Å². The molecule has 1 aliphatic rings. The molecule has 1 saturated heterocycles. The number of carboxylic acids is 1. The van der Waals surface area contributed by atoms with Gasteiger partial charge in [-0.15, -0.1) is 11.3 Å². The van der Waals surface area contributed by atoms with Crippen LogP contribution in [0.2, 0.25) is 4.34 Å². The van der Waals surface area contributed by atoms with Crippen LogP contribution >= 0.6 is 22.9 Å². The standard InChI is InChI=1S/C13H16ClNO3S/c1-13(12(17)18)7-2-8-15(13)11(16)6-4-9-3-5-10(14)19-9/h3,5H,2,4,6-8H2,1H3,(H,17,18). The van der Waals surface area contributed by atoms with E-state index in [-0.39, 0.29) is 5.91 Å². The van der Waals surface area contributed by atoms with Gasteiger partial charge in [0.15, 0.2) is 0 Å². The first-order chi connectivity index (χ1) is 8.93. The Kier molecular flexibility index (Phi) is 4.16. The van der Waals surface area contributed by atoms with Crippen LogP contribution in [0.15, 0.2) is 12.1 Å². The molecule has 1 unspecified atom stereocenters. The fourth-order valence-corrected chi connectivity index (χ4v) is 3.52. The molecule has 1 atom stereocenters. The third-order valence-corrected chi connectivity index (χ3v) is 4.91. The van der Waals surface area contributed by atoms with E-state index in [1.165, 1.54) is 16.2 Å². The van der Waals surface area contributed by atoms with Gasteiger partial charge >= 0.3 is 5.97 Å². The van der Waals surface area contributed by atoms with Gasteiger partial charge in [-0.05, 0) is 38.3 Å². The van der Waals surface area contributed by atoms with Crippen LogP contribution in [-0.2, 0) is 16.0 Å². The molecule has 104 valence electrons. The molecule has 0 aliphatic carbocycles. The number of aryl methyl sites for hydroxylation is 1. The number of nitrogens with zero attached hydrogens (tertiary/aromatic N) is 1. The van der Waals surface area contributed by atoms with Crippen molar-refractivity contribution in [2.45, 2.75) is 38.1 Å². The zero-order valence-corrected chi connectivity index (χ0v) is 12.3. The highest BCUT2D eigenvalue weighted by Gasteiger charge is 2.45. The summed E-state index contributed by atoms with van der Waals surface area (Å²) in [5, 5.41) is 9.27. The summed E-state index contributed by atoms with van der Waals surface area (Å²) in [6, 6.07) is 3.71. The molecule has 1 aromatic heterocycles. The van der Waals surface area contributed by atoms with Gasteiger partial charge in [0.2, 0.25) is 5.91 Å². The van der Waals surface area contributed by atoms with Crippen LogP contribution in [0, 0.1) is 0 Å². The van der Waals surface area contributed by atoms with Gasteiger partial charge < -0.3 is 10.0 Å². The smallest absolute Gasteiger partial charge is 0.329 e. The van der Waals surface area contributed by atoms with Gasteiger partial charge in [0.05, 0.1) is 4.34 Å². The summed E-state index contributed by atoms with van der Waals surface area (Å²) in [4.78, 5) is 26.0. The van der Waals surface area contributed by atoms with Gasteiger partial charge in [-0.2, -0.15) is 0 Å². The monoisotopic (exact) mass is 301 g/mol. The average Bonchev–Trinajstić information content (AvgIpc) is 2.93. The third kappa shape index (κ3) is 2.92. The number of carbonyl (C=O) groups excluding carboxylic acids is 1. The van der Waals surface area contributed by atoms with E-state index in [9.17, 15) is 14.7 Å². The van der Waals surface area contributed by atoms with Gasteiger partial charge in [0.1, 0.15) is 5.54 Å². The average molecular weight is 302 g/mol. The lowest BCUT2D eigenvalue weighted by Gasteiger charge is -2.31. The molecule has 1 aromatic rings. The Morgan fingerprint density at radius 2 is 2.26 bits per heavy atom. The van der Waals surface area contributed by atoms with E-state index in [0.29, 0.717) is 30.1 Å². The molecule has 0 saturated carbocycles. The molecule has 0 bridgehead atoms. The SMILES string of the molecule is CC1(C(=O)O)CCCN1C(=O)CCc1ccc(Cl)s1. The molecular weight excluding hydrogens is 286 g/mol. The summed E-state index contributed by atoms with van der Waals surface area (Å²) >= 11 is 7.29. The number of thiophene rings is 1. The molecule has 19 heavy (non-hydrogen) atoms. The molecule has 4 nitrogen and oxygen atoms in total. The summed E-state index contributed by atoms with van der Waals surface area (Å²) in [5.41, 5.74) is -1.04. The summed E-state index contributed by atoms with van der Waals surface area (Å²) in [6.07, 6.45) is 2.22. The number of hydrogen-bond donors (Lipinski definition) is 1. The summed E-state index contributed by atoms with van der Waals surface area (Å²) in [6.45, 7) is 2.16. The third-order valence-electron chi connectivity index (χ3n) is 3.62. The second kappa shape index (κ2) is 5.51. The van der Waals surface area contributed by atoms with Crippen LogP contribution in [-0.4, -0.2) is 34.0 Å². The van der Waals surface area contributed by atoms with Crippen molar-refractivity contribution in [1.29, 1.82) is 0 Å². The van der Waals surface area contributed by atoms with Crippen molar-refractivity contribution in [2.24, 2.45) is 0 Å². The number of rotatable bonds is 4. The number of likely N-dealkylation sites (tertiary alicyclic amines) is 1. The lowest BCUT2D eigenvalue weighted by molar-refractivity contribution is -0.155. The second-order valence-corrected chi connectivity index (χ2v) is 6.73. The topological polar surface area (TPSA) is 57.6 Å². The maximum absolute atomic E-state index is 12.2. The van der Waals surface area contributed by atoms with E-state index >= 15 is 0 Å². The van der Waals surface area contributed by atoms with Gasteiger partial charge in [0, 0.05) is 17.8 Å². The van der Waals surface area contributed by atoms with Crippen LogP contribution in [0.4, 0.5) is 0 Å². The number of aliphatic carboxylic acids is 1. The minimum atomic E-state index is -1.04. The maximum Gasteiger partial charge on any atom is 0.329 e. The van der Waals surface area contributed by atoms with Gasteiger partial charge in [-0.3, -0.25) is 4.79 Å². The van der Waals surface area contributed by atoms with Crippen LogP contribution < -0.4 is 0 Å². The first-order valence-electron chi connectivity index (χ1n) is 6.21. The number of hydrogen-bond acceptors (Lipinski definition) is 3. The molecule has 2 rings (SSSR count). The Balaban J connectivity index is 1.98. The number of carbonyl (C=O) groups is 2. The van der Waals surface area contributed by atoms with Gasteiger partial charge in [-0.1, -0.05) is 11.6 Å². The fourth-order valence-electron chi connectivity index (χ4n) is 2.44. The number of halogens is 1. The van der Waals surface area contributed by atoms with Gasteiger partial charge in [0.25, 0.3) is 0 Å². The molecule has 2 heterocycles. The molecule has 6 heteroatoms. The first kappa shape index (κ1) is 14.3. The van der Waals surface area contributed by atoms with Crippen molar-refractivity contribution in [2.75, 3.05) is 6.54 Å². The fraction of sp³-hybridized carbons (Fsp3) is 0.538. The predicted molar refractivity (Wildman–Crippen MR) is 74.6 cm³/mol. The Labute approximate surface area is 121 Å². The quantitative estimate of drug-likeness (QED) is 0.930. The zero-order valence-electron chi connectivity index (χ0n) is 10.7. The van der Waals surface area contributed by atoms with Crippen LogP contribution in [0.1, 0.15) is 31.1 Å². The van der Waals surface area contributed by atoms with Crippen molar-refractivity contribution < 1.29 is 14.7 Å². The molecule has 0 spiro atoms. The molecule has 0 radical (unpaired) electrons. The Hall–Kier alpha value is -1.07. The number of amides is 1. The van der Waals surface area contributed by atoms with Crippen LogP contribution in [0.25, 0.3) is 0 Å². The van der Waals surface area contributed by atoms with Crippen molar-refractivity contribution >= 4 is 34.8 Å². The first-order valence-corrected chi connectivity index (χ1v) is 7.41. The Bertz CT molecular complexity index is 502. The van der Waals surface area contributed by atoms with Crippen molar-refractivity contribution in [1.82, 2.24) is 4.90 Å². The van der Waals surface area contributed by atoms with E-state index in [0.717, 1.165) is 11.3 Å². The van der Waals surface area contributed by atoms with Crippen molar-refractivity contribution in [3.8, 4) is 0 Å². The number of carboxylic acid groups (broad SMARTS) is 1. The predicted octanol–water partition coefficient (Wildman–Crippen LogP) is 2.80. The lowest BCUT2D eigenvalue weighted by Crippen LogP contribution is -2.50. The largest absolute Gasteiger partial charge is 0.480 e. The molecule has 1 fully saturated rings. The van der Waals surface area contributed by atoms with Gasteiger partial charge in [-0.25, -0.2) is 4.79 Å². The molecule has 1 N–H and O–H groups in total. The lowest BCUT2D eigenvalue weighted by atomic mass is 9.99. The van der Waals surface area contributed by atoms with Crippen molar-refractivity contribution in [3.05, 3.63) is 21.3 Å². The minimum Gasteiger partial charge on any atom is -0.480 e. The zero-order chi connectivity index (χ0) is 14.0. The highest BCUT2D eigenvalue weighted by atomic mass is 35.5. The van der Waals surface area contributed by atoms with E-state index < -0.39 is 11.5 Å².